The number of hydrogen-bond acceptors (Lipinski definition) is 1. The Morgan fingerprint density at radius 1 is 1.30 bits per heavy atom. The molecule has 0 saturated carbocycles. The molecule has 0 aromatic carbocycles. The van der Waals surface area contributed by atoms with Gasteiger partial charge in [-0.15, -0.1) is 0 Å². The molecule has 0 aliphatic heterocycles. The van der Waals surface area contributed by atoms with Crippen molar-refractivity contribution in [2.45, 2.75) is 39.5 Å². The minimum atomic E-state index is 0.907. The Labute approximate surface area is 65.2 Å². The molecule has 0 radical (unpaired) electrons. The molecule has 0 aromatic heterocycles. The first-order chi connectivity index (χ1) is 4.85. The fraction of sp³-hybridized carbons (Fsp3) is 1.00. The zero-order chi connectivity index (χ0) is 7.82. The second-order valence-electron chi connectivity index (χ2n) is 2.97. The molecular formula is C9H21N. The maximum absolute atomic E-state index is 3.23. The first-order valence-corrected chi connectivity index (χ1v) is 4.49. The van der Waals surface area contributed by atoms with Crippen LogP contribution in [0.4, 0.5) is 0 Å². The summed E-state index contributed by atoms with van der Waals surface area (Å²) in [7, 11) is 2.04. The number of hydrogen-bond donors (Lipinski definition) is 1. The SMILES string of the molecule is CCCCC(CC)CNC. The number of nitrogens with one attached hydrogen (secondary N) is 1. The van der Waals surface area contributed by atoms with Gasteiger partial charge in [-0.1, -0.05) is 33.1 Å². The Morgan fingerprint density at radius 2 is 2.00 bits per heavy atom. The summed E-state index contributed by atoms with van der Waals surface area (Å²) < 4.78 is 0. The molecule has 1 heteroatoms. The molecule has 0 rings (SSSR count). The van der Waals surface area contributed by atoms with Gasteiger partial charge in [0.25, 0.3) is 0 Å². The lowest BCUT2D eigenvalue weighted by Crippen LogP contribution is -2.17. The van der Waals surface area contributed by atoms with Crippen molar-refractivity contribution in [3.63, 3.8) is 0 Å². The second kappa shape index (κ2) is 7.07. The predicted octanol–water partition coefficient (Wildman–Crippen LogP) is 2.42. The quantitative estimate of drug-likeness (QED) is 0.602. The van der Waals surface area contributed by atoms with Gasteiger partial charge in [0.15, 0.2) is 0 Å². The summed E-state index contributed by atoms with van der Waals surface area (Å²) in [4.78, 5) is 0. The summed E-state index contributed by atoms with van der Waals surface area (Å²) in [5, 5.41) is 3.23. The first kappa shape index (κ1) is 9.96. The van der Waals surface area contributed by atoms with E-state index in [0.29, 0.717) is 0 Å². The minimum Gasteiger partial charge on any atom is -0.319 e. The molecule has 1 unspecified atom stereocenters. The van der Waals surface area contributed by atoms with E-state index in [-0.39, 0.29) is 0 Å². The van der Waals surface area contributed by atoms with E-state index in [4.69, 9.17) is 0 Å². The molecule has 0 aliphatic carbocycles. The lowest BCUT2D eigenvalue weighted by atomic mass is 10.00. The smallest absolute Gasteiger partial charge is 0.00236 e. The monoisotopic (exact) mass is 143 g/mol. The highest BCUT2D eigenvalue weighted by molar-refractivity contribution is 4.58. The maximum atomic E-state index is 3.23. The summed E-state index contributed by atoms with van der Waals surface area (Å²) in [6, 6.07) is 0. The molecule has 1 atom stereocenters. The Kier molecular flexibility index (Phi) is 7.04. The Morgan fingerprint density at radius 3 is 2.40 bits per heavy atom. The molecule has 0 spiro atoms. The van der Waals surface area contributed by atoms with Gasteiger partial charge in [-0.25, -0.2) is 0 Å². The molecule has 0 aliphatic rings. The van der Waals surface area contributed by atoms with E-state index in [1.807, 2.05) is 7.05 Å². The summed E-state index contributed by atoms with van der Waals surface area (Å²) in [5.74, 6) is 0.907. The first-order valence-electron chi connectivity index (χ1n) is 4.49. The third-order valence-corrected chi connectivity index (χ3v) is 2.04. The summed E-state index contributed by atoms with van der Waals surface area (Å²) in [6.07, 6.45) is 5.44. The van der Waals surface area contributed by atoms with Gasteiger partial charge in [-0.05, 0) is 25.9 Å². The molecule has 1 nitrogen and oxygen atoms in total. The van der Waals surface area contributed by atoms with E-state index < -0.39 is 0 Å². The molecule has 0 fully saturated rings. The molecule has 10 heavy (non-hydrogen) atoms. The number of rotatable bonds is 6. The van der Waals surface area contributed by atoms with Crippen LogP contribution in [0.15, 0.2) is 0 Å². The normalized spacial score (nSPS) is 13.5. The highest BCUT2D eigenvalue weighted by atomic mass is 14.8. The van der Waals surface area contributed by atoms with E-state index in [2.05, 4.69) is 19.2 Å². The van der Waals surface area contributed by atoms with Crippen molar-refractivity contribution >= 4 is 0 Å². The lowest BCUT2D eigenvalue weighted by molar-refractivity contribution is 0.434. The second-order valence-corrected chi connectivity index (χ2v) is 2.97. The average Bonchev–Trinajstić information content (AvgIpc) is 1.98. The molecule has 0 amide bonds. The lowest BCUT2D eigenvalue weighted by Gasteiger charge is -2.12. The Bertz CT molecular complexity index is 61.7. The minimum absolute atomic E-state index is 0.907. The molecule has 0 saturated heterocycles. The van der Waals surface area contributed by atoms with Gasteiger partial charge in [0, 0.05) is 0 Å². The van der Waals surface area contributed by atoms with Gasteiger partial charge in [0.05, 0.1) is 0 Å². The third-order valence-electron chi connectivity index (χ3n) is 2.04. The molecule has 0 bridgehead atoms. The van der Waals surface area contributed by atoms with Gasteiger partial charge >= 0.3 is 0 Å². The van der Waals surface area contributed by atoms with Gasteiger partial charge in [0.2, 0.25) is 0 Å². The highest BCUT2D eigenvalue weighted by Gasteiger charge is 2.02. The van der Waals surface area contributed by atoms with Crippen LogP contribution in [0.2, 0.25) is 0 Å². The van der Waals surface area contributed by atoms with E-state index >= 15 is 0 Å². The fourth-order valence-corrected chi connectivity index (χ4v) is 1.23. The van der Waals surface area contributed by atoms with Gasteiger partial charge in [-0.2, -0.15) is 0 Å². The summed E-state index contributed by atoms with van der Waals surface area (Å²) in [6.45, 7) is 5.72. The van der Waals surface area contributed by atoms with Crippen LogP contribution >= 0.6 is 0 Å². The van der Waals surface area contributed by atoms with Crippen molar-refractivity contribution in [1.82, 2.24) is 5.32 Å². The van der Waals surface area contributed by atoms with E-state index in [1.165, 1.54) is 32.2 Å². The molecule has 1 N–H and O–H groups in total. The summed E-state index contributed by atoms with van der Waals surface area (Å²) >= 11 is 0. The zero-order valence-corrected chi connectivity index (χ0v) is 7.61. The standard InChI is InChI=1S/C9H21N/c1-4-6-7-9(5-2)8-10-3/h9-10H,4-8H2,1-3H3. The summed E-state index contributed by atoms with van der Waals surface area (Å²) in [5.41, 5.74) is 0. The van der Waals surface area contributed by atoms with Crippen molar-refractivity contribution in [3.8, 4) is 0 Å². The zero-order valence-electron chi connectivity index (χ0n) is 7.61. The van der Waals surface area contributed by atoms with Crippen molar-refractivity contribution in [1.29, 1.82) is 0 Å². The largest absolute Gasteiger partial charge is 0.319 e. The van der Waals surface area contributed by atoms with Crippen LogP contribution in [0.5, 0.6) is 0 Å². The van der Waals surface area contributed by atoms with Crippen LogP contribution in [0, 0.1) is 5.92 Å². The van der Waals surface area contributed by atoms with Crippen LogP contribution in [0.1, 0.15) is 39.5 Å². The van der Waals surface area contributed by atoms with Crippen molar-refractivity contribution in [2.24, 2.45) is 5.92 Å². The van der Waals surface area contributed by atoms with E-state index in [1.54, 1.807) is 0 Å². The average molecular weight is 143 g/mol. The van der Waals surface area contributed by atoms with Gasteiger partial charge in [0.1, 0.15) is 0 Å². The van der Waals surface area contributed by atoms with Gasteiger partial charge < -0.3 is 5.32 Å². The molecular weight excluding hydrogens is 122 g/mol. The van der Waals surface area contributed by atoms with Crippen LogP contribution in [0.25, 0.3) is 0 Å². The topological polar surface area (TPSA) is 12.0 Å². The van der Waals surface area contributed by atoms with Crippen LogP contribution in [-0.4, -0.2) is 13.6 Å². The Hall–Kier alpha value is -0.0400. The fourth-order valence-electron chi connectivity index (χ4n) is 1.23. The molecule has 0 heterocycles. The number of unbranched alkanes of at least 4 members (excludes halogenated alkanes) is 1. The van der Waals surface area contributed by atoms with Crippen LogP contribution in [-0.2, 0) is 0 Å². The highest BCUT2D eigenvalue weighted by Crippen LogP contribution is 2.10. The van der Waals surface area contributed by atoms with Crippen LogP contribution < -0.4 is 5.32 Å². The third kappa shape index (κ3) is 4.80. The predicted molar refractivity (Wildman–Crippen MR) is 47.2 cm³/mol. The molecule has 62 valence electrons. The maximum Gasteiger partial charge on any atom is -0.00236 e. The van der Waals surface area contributed by atoms with E-state index in [0.717, 1.165) is 5.92 Å². The van der Waals surface area contributed by atoms with Gasteiger partial charge in [-0.3, -0.25) is 0 Å². The van der Waals surface area contributed by atoms with Crippen LogP contribution in [0.3, 0.4) is 0 Å². The van der Waals surface area contributed by atoms with Crippen molar-refractivity contribution in [3.05, 3.63) is 0 Å². The Balaban J connectivity index is 3.21. The van der Waals surface area contributed by atoms with E-state index in [9.17, 15) is 0 Å². The molecule has 0 aromatic rings. The van der Waals surface area contributed by atoms with Crippen molar-refractivity contribution < 1.29 is 0 Å². The van der Waals surface area contributed by atoms with Crippen molar-refractivity contribution in [2.75, 3.05) is 13.6 Å².